The van der Waals surface area contributed by atoms with E-state index < -0.39 is 0 Å². The summed E-state index contributed by atoms with van der Waals surface area (Å²) in [7, 11) is 0. The van der Waals surface area contributed by atoms with E-state index in [1.807, 2.05) is 26.0 Å². The number of rotatable bonds is 4. The second-order valence-corrected chi connectivity index (χ2v) is 5.73. The molecule has 0 saturated heterocycles. The van der Waals surface area contributed by atoms with Gasteiger partial charge in [0.1, 0.15) is 22.8 Å². The monoisotopic (exact) mass is 332 g/mol. The molecule has 2 heterocycles. The summed E-state index contributed by atoms with van der Waals surface area (Å²) < 4.78 is 11.4. The van der Waals surface area contributed by atoms with Crippen molar-refractivity contribution in [3.8, 4) is 11.5 Å². The number of amides is 1. The van der Waals surface area contributed by atoms with Gasteiger partial charge in [-0.2, -0.15) is 0 Å². The number of halogens is 1. The van der Waals surface area contributed by atoms with Gasteiger partial charge in [-0.05, 0) is 32.0 Å². The van der Waals surface area contributed by atoms with Gasteiger partial charge >= 0.3 is 0 Å². The third-order valence-electron chi connectivity index (χ3n) is 3.54. The van der Waals surface area contributed by atoms with Crippen LogP contribution < -0.4 is 14.8 Å². The Hall–Kier alpha value is -2.27. The number of pyridine rings is 1. The largest absolute Gasteiger partial charge is 0.492 e. The predicted molar refractivity (Wildman–Crippen MR) is 88.6 cm³/mol. The van der Waals surface area contributed by atoms with Crippen molar-refractivity contribution in [2.45, 2.75) is 26.4 Å². The fraction of sp³-hybridized carbons (Fsp3) is 0.294. The van der Waals surface area contributed by atoms with E-state index in [1.54, 1.807) is 12.1 Å². The molecule has 1 unspecified atom stereocenters. The quantitative estimate of drug-likeness (QED) is 0.867. The van der Waals surface area contributed by atoms with E-state index in [9.17, 15) is 4.79 Å². The number of hydrogen-bond acceptors (Lipinski definition) is 4. The average molecular weight is 333 g/mol. The van der Waals surface area contributed by atoms with Gasteiger partial charge in [-0.25, -0.2) is 4.98 Å². The van der Waals surface area contributed by atoms with Gasteiger partial charge in [0.25, 0.3) is 5.91 Å². The molecule has 1 atom stereocenters. The Morgan fingerprint density at radius 1 is 1.48 bits per heavy atom. The highest BCUT2D eigenvalue weighted by atomic mass is 35.5. The van der Waals surface area contributed by atoms with Crippen molar-refractivity contribution in [3.05, 3.63) is 46.7 Å². The number of hydrogen-bond donors (Lipinski definition) is 1. The molecule has 0 bridgehead atoms. The summed E-state index contributed by atoms with van der Waals surface area (Å²) in [4.78, 5) is 16.3. The van der Waals surface area contributed by atoms with Crippen molar-refractivity contribution < 1.29 is 14.3 Å². The van der Waals surface area contributed by atoms with Crippen LogP contribution in [0.25, 0.3) is 0 Å². The maximum atomic E-state index is 12.4. The van der Waals surface area contributed by atoms with Crippen molar-refractivity contribution in [3.63, 3.8) is 0 Å². The molecule has 0 aliphatic carbocycles. The molecular formula is C17H17ClN2O3. The zero-order valence-electron chi connectivity index (χ0n) is 12.9. The molecule has 1 amide bonds. The highest BCUT2D eigenvalue weighted by molar-refractivity contribution is 6.29. The van der Waals surface area contributed by atoms with Crippen molar-refractivity contribution in [1.29, 1.82) is 0 Å². The van der Waals surface area contributed by atoms with Gasteiger partial charge in [-0.15, -0.1) is 0 Å². The number of carbonyl (C=O) groups is 1. The Morgan fingerprint density at radius 3 is 3.00 bits per heavy atom. The van der Waals surface area contributed by atoms with Gasteiger partial charge in [0.2, 0.25) is 0 Å². The zero-order chi connectivity index (χ0) is 16.4. The molecule has 0 radical (unpaired) electrons. The molecule has 3 rings (SSSR count). The van der Waals surface area contributed by atoms with Gasteiger partial charge < -0.3 is 14.8 Å². The second-order valence-electron chi connectivity index (χ2n) is 5.35. The molecule has 1 aliphatic heterocycles. The minimum Gasteiger partial charge on any atom is -0.492 e. The minimum atomic E-state index is -0.277. The molecule has 1 aromatic heterocycles. The maximum Gasteiger partial charge on any atom is 0.257 e. The van der Waals surface area contributed by atoms with E-state index in [2.05, 4.69) is 10.3 Å². The van der Waals surface area contributed by atoms with Crippen LogP contribution in [0.3, 0.4) is 0 Å². The van der Waals surface area contributed by atoms with Crippen molar-refractivity contribution in [2.24, 2.45) is 0 Å². The molecule has 0 saturated carbocycles. The van der Waals surface area contributed by atoms with Gasteiger partial charge in [0.15, 0.2) is 0 Å². The van der Waals surface area contributed by atoms with Gasteiger partial charge in [0.05, 0.1) is 17.9 Å². The van der Waals surface area contributed by atoms with Gasteiger partial charge in [-0.1, -0.05) is 11.6 Å². The van der Waals surface area contributed by atoms with Crippen LogP contribution in [0.5, 0.6) is 11.5 Å². The average Bonchev–Trinajstić information content (AvgIpc) is 2.87. The van der Waals surface area contributed by atoms with E-state index in [0.717, 1.165) is 17.7 Å². The van der Waals surface area contributed by atoms with E-state index in [4.69, 9.17) is 21.1 Å². The number of carbonyl (C=O) groups excluding carboxylic acids is 1. The van der Waals surface area contributed by atoms with Crippen LogP contribution in [0.4, 0.5) is 5.69 Å². The van der Waals surface area contributed by atoms with E-state index >= 15 is 0 Å². The third kappa shape index (κ3) is 3.40. The van der Waals surface area contributed by atoms with Gasteiger partial charge in [0, 0.05) is 24.2 Å². The SMILES string of the molecule is CCOc1cc2c(cc1NC(=O)c1ccc(Cl)nc1)OC(C)C2. The Kier molecular flexibility index (Phi) is 4.39. The van der Waals surface area contributed by atoms with E-state index in [-0.39, 0.29) is 12.0 Å². The van der Waals surface area contributed by atoms with Gasteiger partial charge in [-0.3, -0.25) is 4.79 Å². The van der Waals surface area contributed by atoms with Crippen LogP contribution in [0.2, 0.25) is 5.15 Å². The van der Waals surface area contributed by atoms with Crippen molar-refractivity contribution >= 4 is 23.2 Å². The van der Waals surface area contributed by atoms with Crippen molar-refractivity contribution in [1.82, 2.24) is 4.98 Å². The molecule has 23 heavy (non-hydrogen) atoms. The summed E-state index contributed by atoms with van der Waals surface area (Å²) in [6.07, 6.45) is 2.40. The molecule has 1 N–H and O–H groups in total. The van der Waals surface area contributed by atoms with E-state index in [1.165, 1.54) is 6.20 Å². The molecule has 1 aromatic carbocycles. The second kappa shape index (κ2) is 6.46. The summed E-state index contributed by atoms with van der Waals surface area (Å²) in [6.45, 7) is 4.43. The Labute approximate surface area is 139 Å². The number of nitrogens with one attached hydrogen (secondary N) is 1. The molecule has 6 heteroatoms. The normalized spacial score (nSPS) is 15.7. The number of benzene rings is 1. The minimum absolute atomic E-state index is 0.130. The fourth-order valence-electron chi connectivity index (χ4n) is 2.52. The first-order valence-corrected chi connectivity index (χ1v) is 7.84. The molecule has 2 aromatic rings. The lowest BCUT2D eigenvalue weighted by Gasteiger charge is -2.13. The Bertz CT molecular complexity index is 731. The first-order chi connectivity index (χ1) is 11.1. The Balaban J connectivity index is 1.88. The maximum absolute atomic E-state index is 12.4. The van der Waals surface area contributed by atoms with Crippen molar-refractivity contribution in [2.75, 3.05) is 11.9 Å². The van der Waals surface area contributed by atoms with Crippen LogP contribution >= 0.6 is 11.6 Å². The van der Waals surface area contributed by atoms with E-state index in [0.29, 0.717) is 28.8 Å². The third-order valence-corrected chi connectivity index (χ3v) is 3.76. The molecular weight excluding hydrogens is 316 g/mol. The lowest BCUT2D eigenvalue weighted by molar-refractivity contribution is 0.102. The fourth-order valence-corrected chi connectivity index (χ4v) is 2.63. The summed E-state index contributed by atoms with van der Waals surface area (Å²) in [5, 5.41) is 3.19. The van der Waals surface area contributed by atoms with Crippen LogP contribution in [0, 0.1) is 0 Å². The lowest BCUT2D eigenvalue weighted by Crippen LogP contribution is -2.13. The number of aromatic nitrogens is 1. The van der Waals surface area contributed by atoms with Crippen LogP contribution in [0.1, 0.15) is 29.8 Å². The highest BCUT2D eigenvalue weighted by Crippen LogP contribution is 2.38. The summed E-state index contributed by atoms with van der Waals surface area (Å²) in [5.74, 6) is 1.14. The van der Waals surface area contributed by atoms with Crippen LogP contribution in [0.15, 0.2) is 30.5 Å². The zero-order valence-corrected chi connectivity index (χ0v) is 13.7. The number of nitrogens with zero attached hydrogens (tertiary/aromatic N) is 1. The molecule has 5 nitrogen and oxygen atoms in total. The number of fused-ring (bicyclic) bond motifs is 1. The first kappa shape index (κ1) is 15.6. The summed E-state index contributed by atoms with van der Waals surface area (Å²) >= 11 is 5.74. The summed E-state index contributed by atoms with van der Waals surface area (Å²) in [5.41, 5.74) is 2.10. The van der Waals surface area contributed by atoms with Crippen LogP contribution in [-0.2, 0) is 6.42 Å². The number of ether oxygens (including phenoxy) is 2. The number of anilines is 1. The van der Waals surface area contributed by atoms with Crippen LogP contribution in [-0.4, -0.2) is 23.6 Å². The topological polar surface area (TPSA) is 60.5 Å². The standard InChI is InChI=1S/C17H17ClN2O3/c1-3-22-15-7-12-6-10(2)23-14(12)8-13(15)20-17(21)11-4-5-16(18)19-9-11/h4-5,7-10H,3,6H2,1-2H3,(H,20,21). The first-order valence-electron chi connectivity index (χ1n) is 7.46. The Morgan fingerprint density at radius 2 is 2.30 bits per heavy atom. The smallest absolute Gasteiger partial charge is 0.257 e. The molecule has 0 fully saturated rings. The molecule has 1 aliphatic rings. The molecule has 0 spiro atoms. The lowest BCUT2D eigenvalue weighted by atomic mass is 10.1. The summed E-state index contributed by atoms with van der Waals surface area (Å²) in [6, 6.07) is 6.94. The predicted octanol–water partition coefficient (Wildman–Crippen LogP) is 3.71. The molecule has 120 valence electrons. The highest BCUT2D eigenvalue weighted by Gasteiger charge is 2.22.